The van der Waals surface area contributed by atoms with Crippen LogP contribution in [0.2, 0.25) is 0 Å². The first-order valence-electron chi connectivity index (χ1n) is 8.13. The maximum atomic E-state index is 13.5. The van der Waals surface area contributed by atoms with E-state index in [1.807, 2.05) is 48.5 Å². The second-order valence-corrected chi connectivity index (χ2v) is 9.14. The molecule has 0 amide bonds. The van der Waals surface area contributed by atoms with E-state index < -0.39 is 30.1 Å². The van der Waals surface area contributed by atoms with Crippen molar-refractivity contribution in [3.05, 3.63) is 23.8 Å². The minimum Gasteiger partial charge on any atom is -0.399 e. The average Bonchev–Trinajstić information content (AvgIpc) is 2.63. The van der Waals surface area contributed by atoms with Crippen LogP contribution >= 0.6 is 11.9 Å². The molecule has 1 saturated heterocycles. The predicted octanol–water partition coefficient (Wildman–Crippen LogP) is 4.40. The molecule has 0 spiro atoms. The summed E-state index contributed by atoms with van der Waals surface area (Å²) >= 11 is 0.980. The summed E-state index contributed by atoms with van der Waals surface area (Å²) in [5, 5.41) is 0. The van der Waals surface area contributed by atoms with Gasteiger partial charge in [0.25, 0.3) is 0 Å². The maximum absolute atomic E-state index is 13.5. The average molecular weight is 375 g/mol. The third-order valence-electron chi connectivity index (χ3n) is 4.30. The molecule has 1 aliphatic heterocycles. The minimum absolute atomic E-state index is 0.127. The molecule has 1 heterocycles. The van der Waals surface area contributed by atoms with Gasteiger partial charge in [-0.2, -0.15) is 13.2 Å². The van der Waals surface area contributed by atoms with Gasteiger partial charge in [0.05, 0.1) is 16.8 Å². The Morgan fingerprint density at radius 2 is 1.52 bits per heavy atom. The maximum Gasteiger partial charge on any atom is 0.494 e. The molecule has 0 atom stereocenters. The van der Waals surface area contributed by atoms with Crippen molar-refractivity contribution in [3.63, 3.8) is 0 Å². The van der Waals surface area contributed by atoms with Crippen molar-refractivity contribution in [2.75, 3.05) is 0 Å². The van der Waals surface area contributed by atoms with E-state index in [0.29, 0.717) is 5.46 Å². The van der Waals surface area contributed by atoms with Gasteiger partial charge in [-0.05, 0) is 78.0 Å². The van der Waals surface area contributed by atoms with Crippen LogP contribution in [0, 0.1) is 0 Å². The summed E-state index contributed by atoms with van der Waals surface area (Å²) in [6.45, 7) is 13.2. The van der Waals surface area contributed by atoms with Crippen LogP contribution in [0.3, 0.4) is 0 Å². The third-order valence-corrected chi connectivity index (χ3v) is 5.59. The van der Waals surface area contributed by atoms with Gasteiger partial charge < -0.3 is 9.31 Å². The van der Waals surface area contributed by atoms with Crippen LogP contribution < -0.4 is 10.2 Å². The van der Waals surface area contributed by atoms with E-state index >= 15 is 0 Å². The normalized spacial score (nSPS) is 20.2. The molecule has 2 rings (SSSR count). The van der Waals surface area contributed by atoms with Gasteiger partial charge >= 0.3 is 13.3 Å². The first-order valence-corrected chi connectivity index (χ1v) is 8.95. The van der Waals surface area contributed by atoms with Crippen molar-refractivity contribution in [1.82, 2.24) is 4.72 Å². The number of nitrogens with one attached hydrogen (secondary N) is 1. The van der Waals surface area contributed by atoms with Crippen LogP contribution in [0.25, 0.3) is 0 Å². The van der Waals surface area contributed by atoms with Crippen molar-refractivity contribution < 1.29 is 22.5 Å². The molecule has 1 aromatic carbocycles. The monoisotopic (exact) mass is 375 g/mol. The second kappa shape index (κ2) is 6.48. The zero-order chi connectivity index (χ0) is 19.3. The molecule has 0 aromatic heterocycles. The number of hydrogen-bond donors (Lipinski definition) is 1. The highest BCUT2D eigenvalue weighted by Crippen LogP contribution is 2.39. The molecule has 0 aliphatic carbocycles. The molecule has 3 nitrogen and oxygen atoms in total. The third kappa shape index (κ3) is 4.73. The van der Waals surface area contributed by atoms with E-state index in [1.165, 1.54) is 6.07 Å². The van der Waals surface area contributed by atoms with Gasteiger partial charge in [0.2, 0.25) is 0 Å². The Labute approximate surface area is 152 Å². The Morgan fingerprint density at radius 1 is 1.00 bits per heavy atom. The molecule has 0 bridgehead atoms. The Bertz CT molecular complexity index is 626. The van der Waals surface area contributed by atoms with E-state index in [1.54, 1.807) is 6.07 Å². The van der Waals surface area contributed by atoms with Gasteiger partial charge in [0.15, 0.2) is 0 Å². The number of rotatable bonds is 3. The standard InChI is InChI=1S/C17H25BF3NO2S/c1-14(2,3)22-25-13-9-8-11(10-12(13)17(19,20)21)18-23-15(4,5)16(6,7)24-18/h8-10,22H,1-7H3. The van der Waals surface area contributed by atoms with Crippen LogP contribution in [0.15, 0.2) is 23.1 Å². The highest BCUT2D eigenvalue weighted by atomic mass is 32.2. The van der Waals surface area contributed by atoms with Gasteiger partial charge in [-0.15, -0.1) is 0 Å². The molecule has 8 heteroatoms. The smallest absolute Gasteiger partial charge is 0.399 e. The first-order chi connectivity index (χ1) is 11.1. The number of benzene rings is 1. The quantitative estimate of drug-likeness (QED) is 0.627. The van der Waals surface area contributed by atoms with Crippen molar-refractivity contribution in [1.29, 1.82) is 0 Å². The highest BCUT2D eigenvalue weighted by molar-refractivity contribution is 7.97. The van der Waals surface area contributed by atoms with Gasteiger partial charge in [-0.3, -0.25) is 4.72 Å². The lowest BCUT2D eigenvalue weighted by atomic mass is 9.78. The van der Waals surface area contributed by atoms with E-state index in [9.17, 15) is 13.2 Å². The molecular formula is C17H25BF3NO2S. The van der Waals surface area contributed by atoms with E-state index in [0.717, 1.165) is 18.0 Å². The molecule has 25 heavy (non-hydrogen) atoms. The fourth-order valence-electron chi connectivity index (χ4n) is 2.19. The van der Waals surface area contributed by atoms with E-state index in [2.05, 4.69) is 4.72 Å². The molecule has 1 aliphatic rings. The molecule has 1 fully saturated rings. The van der Waals surface area contributed by atoms with Crippen LogP contribution in [0.4, 0.5) is 13.2 Å². The van der Waals surface area contributed by atoms with E-state index in [4.69, 9.17) is 9.31 Å². The largest absolute Gasteiger partial charge is 0.494 e. The second-order valence-electron chi connectivity index (χ2n) is 8.30. The molecular weight excluding hydrogens is 350 g/mol. The summed E-state index contributed by atoms with van der Waals surface area (Å²) in [6.07, 6.45) is -4.46. The summed E-state index contributed by atoms with van der Waals surface area (Å²) < 4.78 is 55.3. The Morgan fingerprint density at radius 3 is 1.96 bits per heavy atom. The molecule has 1 N–H and O–H groups in total. The summed E-state index contributed by atoms with van der Waals surface area (Å²) in [5.41, 5.74) is -1.83. The van der Waals surface area contributed by atoms with Crippen LogP contribution in [-0.2, 0) is 15.5 Å². The summed E-state index contributed by atoms with van der Waals surface area (Å²) in [6, 6.07) is 4.21. The van der Waals surface area contributed by atoms with Crippen molar-refractivity contribution in [3.8, 4) is 0 Å². The van der Waals surface area contributed by atoms with Gasteiger partial charge in [0.1, 0.15) is 0 Å². The van der Waals surface area contributed by atoms with Crippen molar-refractivity contribution in [2.45, 2.75) is 76.3 Å². The summed E-state index contributed by atoms with van der Waals surface area (Å²) in [7, 11) is -0.819. The fourth-order valence-corrected chi connectivity index (χ4v) is 3.03. The SMILES string of the molecule is CC(C)(C)NSc1ccc(B2OC(C)(C)C(C)(C)O2)cc1C(F)(F)F. The first kappa shape index (κ1) is 20.6. The Hall–Kier alpha value is -0.695. The lowest BCUT2D eigenvalue weighted by Crippen LogP contribution is -2.41. The lowest BCUT2D eigenvalue weighted by Gasteiger charge is -2.32. The topological polar surface area (TPSA) is 30.5 Å². The molecule has 140 valence electrons. The number of hydrogen-bond acceptors (Lipinski definition) is 4. The predicted molar refractivity (Wildman–Crippen MR) is 95.9 cm³/mol. The summed E-state index contributed by atoms with van der Waals surface area (Å²) in [4.78, 5) is 0.127. The minimum atomic E-state index is -4.46. The highest BCUT2D eigenvalue weighted by Gasteiger charge is 2.52. The lowest BCUT2D eigenvalue weighted by molar-refractivity contribution is -0.139. The van der Waals surface area contributed by atoms with E-state index in [-0.39, 0.29) is 10.4 Å². The van der Waals surface area contributed by atoms with Crippen LogP contribution in [0.5, 0.6) is 0 Å². The number of alkyl halides is 3. The zero-order valence-corrected chi connectivity index (χ0v) is 16.5. The van der Waals surface area contributed by atoms with Crippen molar-refractivity contribution in [2.24, 2.45) is 0 Å². The zero-order valence-electron chi connectivity index (χ0n) is 15.7. The van der Waals surface area contributed by atoms with Gasteiger partial charge in [-0.1, -0.05) is 6.07 Å². The number of halogens is 3. The molecule has 0 unspecified atom stereocenters. The Balaban J connectivity index is 2.34. The molecule has 0 saturated carbocycles. The molecule has 1 aromatic rings. The summed E-state index contributed by atoms with van der Waals surface area (Å²) in [5.74, 6) is 0. The van der Waals surface area contributed by atoms with Gasteiger partial charge in [0, 0.05) is 10.4 Å². The fraction of sp³-hybridized carbons (Fsp3) is 0.647. The van der Waals surface area contributed by atoms with Crippen LogP contribution in [-0.4, -0.2) is 23.9 Å². The Kier molecular flexibility index (Phi) is 5.34. The molecule has 0 radical (unpaired) electrons. The van der Waals surface area contributed by atoms with Crippen molar-refractivity contribution >= 4 is 24.5 Å². The van der Waals surface area contributed by atoms with Crippen LogP contribution in [0.1, 0.15) is 54.0 Å². The van der Waals surface area contributed by atoms with Gasteiger partial charge in [-0.25, -0.2) is 0 Å².